The number of nitrogens with one attached hydrogen (secondary N) is 1. The molecule has 0 aromatic heterocycles. The molecule has 2 aliphatic heterocycles. The highest BCUT2D eigenvalue weighted by atomic mass is 32.2. The Morgan fingerprint density at radius 1 is 1.13 bits per heavy atom. The van der Waals surface area contributed by atoms with Crippen molar-refractivity contribution in [3.05, 3.63) is 0 Å². The molecule has 2 fully saturated rings. The molecule has 1 amide bonds. The van der Waals surface area contributed by atoms with Gasteiger partial charge in [0, 0.05) is 31.6 Å². The molecular weight excluding hydrogens is 314 g/mol. The van der Waals surface area contributed by atoms with Gasteiger partial charge < -0.3 is 10.2 Å². The monoisotopic (exact) mass is 345 g/mol. The molecule has 0 atom stereocenters. The summed E-state index contributed by atoms with van der Waals surface area (Å²) in [7, 11) is -3.12. The van der Waals surface area contributed by atoms with E-state index in [-0.39, 0.29) is 17.6 Å². The molecule has 1 N–H and O–H groups in total. The SMILES string of the molecule is CCCN(C(=O)C1CCN(S(=O)(=O)CC)CC1)C1CCNCC1. The third kappa shape index (κ3) is 4.67. The lowest BCUT2D eigenvalue weighted by Crippen LogP contribution is -2.50. The molecule has 0 bridgehead atoms. The van der Waals surface area contributed by atoms with Crippen molar-refractivity contribution in [2.75, 3.05) is 38.5 Å². The van der Waals surface area contributed by atoms with Gasteiger partial charge in [-0.1, -0.05) is 6.92 Å². The minimum absolute atomic E-state index is 0.0141. The molecular formula is C16H31N3O3S. The van der Waals surface area contributed by atoms with E-state index >= 15 is 0 Å². The van der Waals surface area contributed by atoms with Crippen molar-refractivity contribution in [2.45, 2.75) is 52.0 Å². The fraction of sp³-hybridized carbons (Fsp3) is 0.938. The molecule has 23 heavy (non-hydrogen) atoms. The summed E-state index contributed by atoms with van der Waals surface area (Å²) in [5, 5.41) is 3.35. The van der Waals surface area contributed by atoms with E-state index in [1.807, 2.05) is 0 Å². The van der Waals surface area contributed by atoms with Gasteiger partial charge in [0.1, 0.15) is 0 Å². The quantitative estimate of drug-likeness (QED) is 0.781. The summed E-state index contributed by atoms with van der Waals surface area (Å²) >= 11 is 0. The first-order valence-electron chi connectivity index (χ1n) is 8.98. The first-order valence-corrected chi connectivity index (χ1v) is 10.6. The molecule has 0 radical (unpaired) electrons. The van der Waals surface area contributed by atoms with E-state index in [4.69, 9.17) is 0 Å². The molecule has 0 saturated carbocycles. The van der Waals surface area contributed by atoms with Crippen LogP contribution in [0, 0.1) is 5.92 Å². The second-order valence-electron chi connectivity index (χ2n) is 6.59. The Labute approximate surface area is 140 Å². The molecule has 0 unspecified atom stereocenters. The number of piperidine rings is 2. The zero-order chi connectivity index (χ0) is 16.9. The maximum Gasteiger partial charge on any atom is 0.226 e. The van der Waals surface area contributed by atoms with Gasteiger partial charge >= 0.3 is 0 Å². The van der Waals surface area contributed by atoms with Crippen molar-refractivity contribution >= 4 is 15.9 Å². The number of hydrogen-bond acceptors (Lipinski definition) is 4. The molecule has 2 saturated heterocycles. The second-order valence-corrected chi connectivity index (χ2v) is 8.84. The van der Waals surface area contributed by atoms with Crippen LogP contribution in [-0.2, 0) is 14.8 Å². The zero-order valence-electron chi connectivity index (χ0n) is 14.5. The van der Waals surface area contributed by atoms with Crippen molar-refractivity contribution in [2.24, 2.45) is 5.92 Å². The van der Waals surface area contributed by atoms with Gasteiger partial charge in [0.15, 0.2) is 0 Å². The molecule has 0 aliphatic carbocycles. The highest BCUT2D eigenvalue weighted by Gasteiger charge is 2.34. The largest absolute Gasteiger partial charge is 0.339 e. The predicted octanol–water partition coefficient (Wildman–Crippen LogP) is 1.04. The first-order chi connectivity index (χ1) is 11.0. The van der Waals surface area contributed by atoms with Gasteiger partial charge in [-0.3, -0.25) is 4.79 Å². The molecule has 0 aromatic rings. The normalized spacial score (nSPS) is 22.2. The third-order valence-corrected chi connectivity index (χ3v) is 6.94. The van der Waals surface area contributed by atoms with Crippen molar-refractivity contribution in [1.29, 1.82) is 0 Å². The molecule has 6 nitrogen and oxygen atoms in total. The van der Waals surface area contributed by atoms with E-state index in [0.29, 0.717) is 32.0 Å². The van der Waals surface area contributed by atoms with Crippen molar-refractivity contribution in [3.8, 4) is 0 Å². The minimum atomic E-state index is -3.12. The summed E-state index contributed by atoms with van der Waals surface area (Å²) in [5.41, 5.74) is 0. The van der Waals surface area contributed by atoms with Gasteiger partial charge in [-0.2, -0.15) is 0 Å². The summed E-state index contributed by atoms with van der Waals surface area (Å²) < 4.78 is 25.4. The Balaban J connectivity index is 1.96. The van der Waals surface area contributed by atoms with Crippen molar-refractivity contribution in [3.63, 3.8) is 0 Å². The Morgan fingerprint density at radius 2 is 1.74 bits per heavy atom. The van der Waals surface area contributed by atoms with Crippen LogP contribution in [0.25, 0.3) is 0 Å². The Morgan fingerprint density at radius 3 is 2.26 bits per heavy atom. The average Bonchev–Trinajstić information content (AvgIpc) is 2.60. The number of rotatable bonds is 6. The average molecular weight is 346 g/mol. The van der Waals surface area contributed by atoms with Gasteiger partial charge in [-0.05, 0) is 52.1 Å². The van der Waals surface area contributed by atoms with Gasteiger partial charge in [0.25, 0.3) is 0 Å². The number of carbonyl (C=O) groups excluding carboxylic acids is 1. The van der Waals surface area contributed by atoms with Crippen LogP contribution in [0.3, 0.4) is 0 Å². The summed E-state index contributed by atoms with van der Waals surface area (Å²) in [4.78, 5) is 15.0. The highest BCUT2D eigenvalue weighted by Crippen LogP contribution is 2.24. The standard InChI is InChI=1S/C16H31N3O3S/c1-3-11-19(15-5-9-17-10-6-15)16(20)14-7-12-18(13-8-14)23(21,22)4-2/h14-15,17H,3-13H2,1-2H3. The smallest absolute Gasteiger partial charge is 0.226 e. The Kier molecular flexibility index (Phi) is 6.85. The lowest BCUT2D eigenvalue weighted by Gasteiger charge is -2.38. The van der Waals surface area contributed by atoms with Crippen LogP contribution in [0.5, 0.6) is 0 Å². The van der Waals surface area contributed by atoms with Crippen molar-refractivity contribution in [1.82, 2.24) is 14.5 Å². The zero-order valence-corrected chi connectivity index (χ0v) is 15.3. The molecule has 2 heterocycles. The fourth-order valence-corrected chi connectivity index (χ4v) is 4.76. The van der Waals surface area contributed by atoms with Gasteiger partial charge in [-0.15, -0.1) is 0 Å². The minimum Gasteiger partial charge on any atom is -0.339 e. The number of carbonyl (C=O) groups is 1. The molecule has 134 valence electrons. The molecule has 2 rings (SSSR count). The van der Waals surface area contributed by atoms with Crippen LogP contribution >= 0.6 is 0 Å². The number of hydrogen-bond donors (Lipinski definition) is 1. The molecule has 7 heteroatoms. The van der Waals surface area contributed by atoms with Crippen LogP contribution in [0.2, 0.25) is 0 Å². The van der Waals surface area contributed by atoms with Gasteiger partial charge in [0.2, 0.25) is 15.9 Å². The van der Waals surface area contributed by atoms with Gasteiger partial charge in [-0.25, -0.2) is 12.7 Å². The lowest BCUT2D eigenvalue weighted by molar-refractivity contribution is -0.139. The van der Waals surface area contributed by atoms with E-state index in [1.165, 1.54) is 0 Å². The maximum atomic E-state index is 13.0. The fourth-order valence-electron chi connectivity index (χ4n) is 3.63. The summed E-state index contributed by atoms with van der Waals surface area (Å²) in [6, 6.07) is 0.348. The van der Waals surface area contributed by atoms with E-state index in [0.717, 1.165) is 38.9 Å². The van der Waals surface area contributed by atoms with E-state index in [9.17, 15) is 13.2 Å². The topological polar surface area (TPSA) is 69.7 Å². The molecule has 0 spiro atoms. The molecule has 2 aliphatic rings. The van der Waals surface area contributed by atoms with E-state index < -0.39 is 10.0 Å². The lowest BCUT2D eigenvalue weighted by atomic mass is 9.94. The summed E-state index contributed by atoms with van der Waals surface area (Å²) in [6.07, 6.45) is 4.33. The van der Waals surface area contributed by atoms with E-state index in [1.54, 1.807) is 11.2 Å². The van der Waals surface area contributed by atoms with Crippen molar-refractivity contribution < 1.29 is 13.2 Å². The number of sulfonamides is 1. The second kappa shape index (κ2) is 8.44. The van der Waals surface area contributed by atoms with E-state index in [2.05, 4.69) is 17.1 Å². The van der Waals surface area contributed by atoms with Crippen LogP contribution in [-0.4, -0.2) is 68.0 Å². The first kappa shape index (κ1) is 18.7. The van der Waals surface area contributed by atoms with Crippen LogP contribution < -0.4 is 5.32 Å². The Hall–Kier alpha value is -0.660. The van der Waals surface area contributed by atoms with Crippen LogP contribution in [0.1, 0.15) is 46.0 Å². The Bertz CT molecular complexity index is 481. The summed E-state index contributed by atoms with van der Waals surface area (Å²) in [5.74, 6) is 0.370. The predicted molar refractivity (Wildman–Crippen MR) is 91.7 cm³/mol. The van der Waals surface area contributed by atoms with Crippen LogP contribution in [0.15, 0.2) is 0 Å². The maximum absolute atomic E-state index is 13.0. The summed E-state index contributed by atoms with van der Waals surface area (Å²) in [6.45, 7) is 7.52. The highest BCUT2D eigenvalue weighted by molar-refractivity contribution is 7.89. The number of amides is 1. The third-order valence-electron chi connectivity index (χ3n) is 5.06. The number of nitrogens with zero attached hydrogens (tertiary/aromatic N) is 2. The van der Waals surface area contributed by atoms with Gasteiger partial charge in [0.05, 0.1) is 5.75 Å². The molecule has 0 aromatic carbocycles. The van der Waals surface area contributed by atoms with Crippen LogP contribution in [0.4, 0.5) is 0 Å².